The van der Waals surface area contributed by atoms with Gasteiger partial charge in [0, 0.05) is 6.04 Å². The molecule has 3 heterocycles. The first-order chi connectivity index (χ1) is 12.4. The molecule has 4 rings (SSSR count). The second-order valence-electron chi connectivity index (χ2n) is 8.17. The SMILES string of the molecule is CC(C)(C)c1ccc2c(c1)Nc1nc(=O)n(C3CCCNCC3)cc1O2. The van der Waals surface area contributed by atoms with E-state index in [9.17, 15) is 4.79 Å². The van der Waals surface area contributed by atoms with Crippen LogP contribution in [-0.2, 0) is 5.41 Å². The predicted molar refractivity (Wildman–Crippen MR) is 103 cm³/mol. The van der Waals surface area contributed by atoms with Gasteiger partial charge in [-0.3, -0.25) is 4.57 Å². The van der Waals surface area contributed by atoms with Crippen LogP contribution >= 0.6 is 0 Å². The van der Waals surface area contributed by atoms with Crippen molar-refractivity contribution in [1.29, 1.82) is 0 Å². The Hall–Kier alpha value is -2.34. The van der Waals surface area contributed by atoms with Gasteiger partial charge in [0.05, 0.1) is 11.9 Å². The van der Waals surface area contributed by atoms with Crippen molar-refractivity contribution in [2.45, 2.75) is 51.5 Å². The van der Waals surface area contributed by atoms with Crippen molar-refractivity contribution in [3.63, 3.8) is 0 Å². The fraction of sp³-hybridized carbons (Fsp3) is 0.500. The monoisotopic (exact) mass is 354 g/mol. The number of aromatic nitrogens is 2. The number of benzene rings is 1. The molecule has 1 unspecified atom stereocenters. The van der Waals surface area contributed by atoms with Crippen LogP contribution in [0.1, 0.15) is 51.6 Å². The summed E-state index contributed by atoms with van der Waals surface area (Å²) in [4.78, 5) is 16.8. The lowest BCUT2D eigenvalue weighted by Gasteiger charge is -2.26. The smallest absolute Gasteiger partial charge is 0.350 e. The molecule has 6 heteroatoms. The van der Waals surface area contributed by atoms with Crippen LogP contribution < -0.4 is 21.1 Å². The molecule has 6 nitrogen and oxygen atoms in total. The summed E-state index contributed by atoms with van der Waals surface area (Å²) >= 11 is 0. The van der Waals surface area contributed by atoms with Crippen molar-refractivity contribution in [3.05, 3.63) is 40.4 Å². The fourth-order valence-corrected chi connectivity index (χ4v) is 3.59. The van der Waals surface area contributed by atoms with E-state index in [4.69, 9.17) is 4.74 Å². The molecule has 1 fully saturated rings. The molecule has 0 radical (unpaired) electrons. The van der Waals surface area contributed by atoms with E-state index >= 15 is 0 Å². The third-order valence-electron chi connectivity index (χ3n) is 5.18. The zero-order valence-electron chi connectivity index (χ0n) is 15.6. The van der Waals surface area contributed by atoms with Gasteiger partial charge in [0.2, 0.25) is 0 Å². The largest absolute Gasteiger partial charge is 0.450 e. The molecule has 2 aliphatic rings. The highest BCUT2D eigenvalue weighted by Crippen LogP contribution is 2.42. The maximum atomic E-state index is 12.6. The second kappa shape index (κ2) is 6.43. The Labute approximate surface area is 153 Å². The quantitative estimate of drug-likeness (QED) is 0.697. The van der Waals surface area contributed by atoms with Crippen LogP contribution in [-0.4, -0.2) is 22.6 Å². The zero-order chi connectivity index (χ0) is 18.3. The molecule has 1 saturated heterocycles. The summed E-state index contributed by atoms with van der Waals surface area (Å²) in [6.45, 7) is 8.44. The molecule has 0 bridgehead atoms. The molecule has 26 heavy (non-hydrogen) atoms. The Kier molecular flexibility index (Phi) is 4.23. The average molecular weight is 354 g/mol. The van der Waals surface area contributed by atoms with Gasteiger partial charge in [-0.1, -0.05) is 26.8 Å². The number of hydrogen-bond donors (Lipinski definition) is 2. The third kappa shape index (κ3) is 3.21. The van der Waals surface area contributed by atoms with Gasteiger partial charge in [0.25, 0.3) is 0 Å². The molecule has 2 N–H and O–H groups in total. The Balaban J connectivity index is 1.67. The van der Waals surface area contributed by atoms with E-state index < -0.39 is 0 Å². The van der Waals surface area contributed by atoms with Crippen molar-refractivity contribution >= 4 is 11.5 Å². The minimum absolute atomic E-state index is 0.0430. The molecule has 0 amide bonds. The highest BCUT2D eigenvalue weighted by molar-refractivity contribution is 5.73. The van der Waals surface area contributed by atoms with Crippen LogP contribution in [0.3, 0.4) is 0 Å². The van der Waals surface area contributed by atoms with Gasteiger partial charge >= 0.3 is 5.69 Å². The molecule has 2 aromatic rings. The lowest BCUT2D eigenvalue weighted by Crippen LogP contribution is -2.29. The van der Waals surface area contributed by atoms with E-state index in [-0.39, 0.29) is 17.1 Å². The number of ether oxygens (including phenoxy) is 1. The molecule has 1 aromatic carbocycles. The van der Waals surface area contributed by atoms with E-state index in [0.717, 1.165) is 43.8 Å². The average Bonchev–Trinajstić information content (AvgIpc) is 2.87. The van der Waals surface area contributed by atoms with Gasteiger partial charge < -0.3 is 15.4 Å². The van der Waals surface area contributed by atoms with Crippen LogP contribution in [0.5, 0.6) is 11.5 Å². The summed E-state index contributed by atoms with van der Waals surface area (Å²) in [5.41, 5.74) is 1.88. The predicted octanol–water partition coefficient (Wildman–Crippen LogP) is 3.70. The van der Waals surface area contributed by atoms with Crippen molar-refractivity contribution in [3.8, 4) is 11.5 Å². The minimum atomic E-state index is -0.220. The number of rotatable bonds is 1. The van der Waals surface area contributed by atoms with Gasteiger partial charge in [-0.25, -0.2) is 4.79 Å². The first-order valence-corrected chi connectivity index (χ1v) is 9.35. The molecule has 2 aliphatic heterocycles. The summed E-state index contributed by atoms with van der Waals surface area (Å²) < 4.78 is 7.80. The molecule has 1 aromatic heterocycles. The molecule has 138 valence electrons. The maximum Gasteiger partial charge on any atom is 0.350 e. The van der Waals surface area contributed by atoms with E-state index in [2.05, 4.69) is 48.5 Å². The van der Waals surface area contributed by atoms with Crippen LogP contribution in [0, 0.1) is 0 Å². The first kappa shape index (κ1) is 17.1. The number of hydrogen-bond acceptors (Lipinski definition) is 5. The first-order valence-electron chi connectivity index (χ1n) is 9.35. The van der Waals surface area contributed by atoms with Gasteiger partial charge in [0.1, 0.15) is 0 Å². The lowest BCUT2D eigenvalue weighted by atomic mass is 9.86. The van der Waals surface area contributed by atoms with E-state index in [1.807, 2.05) is 12.3 Å². The van der Waals surface area contributed by atoms with E-state index in [1.165, 1.54) is 5.56 Å². The fourth-order valence-electron chi connectivity index (χ4n) is 3.59. The number of nitrogens with zero attached hydrogens (tertiary/aromatic N) is 2. The Morgan fingerprint density at radius 2 is 2.04 bits per heavy atom. The number of anilines is 2. The third-order valence-corrected chi connectivity index (χ3v) is 5.18. The summed E-state index contributed by atoms with van der Waals surface area (Å²) in [6.07, 6.45) is 4.78. The van der Waals surface area contributed by atoms with Crippen molar-refractivity contribution < 1.29 is 4.74 Å². The highest BCUT2D eigenvalue weighted by Gasteiger charge is 2.24. The van der Waals surface area contributed by atoms with Gasteiger partial charge in [0.15, 0.2) is 17.3 Å². The van der Waals surface area contributed by atoms with Crippen LogP contribution in [0.15, 0.2) is 29.2 Å². The summed E-state index contributed by atoms with van der Waals surface area (Å²) in [5, 5.41) is 6.65. The normalized spacial score (nSPS) is 19.6. The zero-order valence-corrected chi connectivity index (χ0v) is 15.6. The van der Waals surface area contributed by atoms with Gasteiger partial charge in [-0.2, -0.15) is 4.98 Å². The van der Waals surface area contributed by atoms with Gasteiger partial charge in [-0.05, 0) is 55.5 Å². The van der Waals surface area contributed by atoms with Crippen molar-refractivity contribution in [1.82, 2.24) is 14.9 Å². The van der Waals surface area contributed by atoms with E-state index in [1.54, 1.807) is 4.57 Å². The molecule has 1 atom stereocenters. The minimum Gasteiger partial charge on any atom is -0.450 e. The highest BCUT2D eigenvalue weighted by atomic mass is 16.5. The van der Waals surface area contributed by atoms with Crippen LogP contribution in [0.2, 0.25) is 0 Å². The molecule has 0 saturated carbocycles. The summed E-state index contributed by atoms with van der Waals surface area (Å²) in [6, 6.07) is 6.31. The summed E-state index contributed by atoms with van der Waals surface area (Å²) in [5.74, 6) is 1.87. The van der Waals surface area contributed by atoms with Crippen molar-refractivity contribution in [2.24, 2.45) is 0 Å². The van der Waals surface area contributed by atoms with Crippen LogP contribution in [0.4, 0.5) is 11.5 Å². The van der Waals surface area contributed by atoms with Crippen molar-refractivity contribution in [2.75, 3.05) is 18.4 Å². The Morgan fingerprint density at radius 1 is 1.19 bits per heavy atom. The molecule has 0 spiro atoms. The summed E-state index contributed by atoms with van der Waals surface area (Å²) in [7, 11) is 0. The Morgan fingerprint density at radius 3 is 2.85 bits per heavy atom. The lowest BCUT2D eigenvalue weighted by molar-refractivity contribution is 0.413. The van der Waals surface area contributed by atoms with E-state index in [0.29, 0.717) is 11.6 Å². The molecular weight excluding hydrogens is 328 g/mol. The second-order valence-corrected chi connectivity index (χ2v) is 8.17. The van der Waals surface area contributed by atoms with Crippen LogP contribution in [0.25, 0.3) is 0 Å². The maximum absolute atomic E-state index is 12.6. The Bertz CT molecular complexity index is 874. The van der Waals surface area contributed by atoms with Gasteiger partial charge in [-0.15, -0.1) is 0 Å². The standard InChI is InChI=1S/C20H26N4O2/c1-20(2,3)13-6-7-16-15(11-13)22-18-17(26-16)12-24(19(25)23-18)14-5-4-9-21-10-8-14/h6-7,11-12,14,21H,4-5,8-10H2,1-3H3,(H,22,23,25). The topological polar surface area (TPSA) is 68.2 Å². The molecular formula is C20H26N4O2. The number of fused-ring (bicyclic) bond motifs is 2. The number of nitrogens with one attached hydrogen (secondary N) is 2. The molecule has 0 aliphatic carbocycles.